The van der Waals surface area contributed by atoms with Gasteiger partial charge >= 0.3 is 0 Å². The van der Waals surface area contributed by atoms with Gasteiger partial charge in [-0.2, -0.15) is 0 Å². The summed E-state index contributed by atoms with van der Waals surface area (Å²) in [5, 5.41) is 6.32. The highest BCUT2D eigenvalue weighted by molar-refractivity contribution is 5.82. The molecule has 114 valence electrons. The molecule has 0 saturated carbocycles. The van der Waals surface area contributed by atoms with Crippen LogP contribution in [0.25, 0.3) is 10.4 Å². The molecular weight excluding hydrogens is 268 g/mol. The third-order valence-electron chi connectivity index (χ3n) is 3.07. The van der Waals surface area contributed by atoms with E-state index < -0.39 is 12.1 Å². The molecule has 0 aliphatic heterocycles. The molecule has 1 aromatic rings. The number of azide groups is 1. The van der Waals surface area contributed by atoms with Gasteiger partial charge in [-0.3, -0.25) is 4.79 Å². The number of hydrogen-bond acceptors (Lipinski definition) is 3. The summed E-state index contributed by atoms with van der Waals surface area (Å²) in [6.45, 7) is 4.74. The Kier molecular flexibility index (Phi) is 7.94. The topological polar surface area (TPSA) is 87.1 Å². The first-order valence-electron chi connectivity index (χ1n) is 7.16. The third kappa shape index (κ3) is 6.29. The molecule has 0 radical (unpaired) electrons. The molecule has 0 bridgehead atoms. The number of nitrogens with zero attached hydrogens (tertiary/aromatic N) is 3. The summed E-state index contributed by atoms with van der Waals surface area (Å²) in [4.78, 5) is 14.8. The van der Waals surface area contributed by atoms with E-state index in [9.17, 15) is 4.79 Å². The summed E-state index contributed by atoms with van der Waals surface area (Å²) in [6, 6.07) is 8.80. The van der Waals surface area contributed by atoms with Crippen LogP contribution in [0.15, 0.2) is 35.4 Å². The van der Waals surface area contributed by atoms with Crippen molar-refractivity contribution in [2.75, 3.05) is 6.54 Å². The number of hydrogen-bond donors (Lipinski definition) is 1. The predicted octanol–water partition coefficient (Wildman–Crippen LogP) is 3.19. The largest absolute Gasteiger partial charge is 0.373 e. The van der Waals surface area contributed by atoms with E-state index in [1.165, 1.54) is 0 Å². The molecule has 1 N–H and O–H groups in total. The van der Waals surface area contributed by atoms with Crippen LogP contribution in [0, 0.1) is 0 Å². The van der Waals surface area contributed by atoms with Crippen molar-refractivity contribution in [1.82, 2.24) is 5.32 Å². The lowest BCUT2D eigenvalue weighted by Crippen LogP contribution is -2.41. The number of nitrogens with one attached hydrogen (secondary N) is 1. The minimum atomic E-state index is -0.851. The fourth-order valence-corrected chi connectivity index (χ4v) is 1.80. The average molecular weight is 290 g/mol. The molecule has 0 aromatic heterocycles. The van der Waals surface area contributed by atoms with Crippen molar-refractivity contribution in [3.8, 4) is 0 Å². The van der Waals surface area contributed by atoms with Gasteiger partial charge in [0.25, 0.3) is 0 Å². The van der Waals surface area contributed by atoms with Crippen molar-refractivity contribution in [3.63, 3.8) is 0 Å². The Morgan fingerprint density at radius 2 is 2.14 bits per heavy atom. The standard InChI is InChI=1S/C15H22N4O2/c1-3-4-10-17-15(20)14(18-19-16)12(2)21-11-13-8-6-5-7-9-13/h5-9,12,14H,3-4,10-11H2,1-2H3,(H,17,20)/t12-,14+/m0/s1. The second-order valence-corrected chi connectivity index (χ2v) is 4.80. The van der Waals surface area contributed by atoms with Crippen molar-refractivity contribution in [2.24, 2.45) is 5.11 Å². The second kappa shape index (κ2) is 9.80. The first kappa shape index (κ1) is 17.0. The number of carbonyl (C=O) groups is 1. The maximum atomic E-state index is 12.0. The van der Waals surface area contributed by atoms with Gasteiger partial charge in [0.05, 0.1) is 12.7 Å². The molecule has 0 unspecified atom stereocenters. The van der Waals surface area contributed by atoms with Crippen LogP contribution in [0.3, 0.4) is 0 Å². The van der Waals surface area contributed by atoms with Crippen LogP contribution in [0.2, 0.25) is 0 Å². The van der Waals surface area contributed by atoms with Gasteiger partial charge in [0.1, 0.15) is 6.04 Å². The molecule has 0 saturated heterocycles. The van der Waals surface area contributed by atoms with Crippen LogP contribution < -0.4 is 5.32 Å². The van der Waals surface area contributed by atoms with E-state index in [4.69, 9.17) is 10.3 Å². The second-order valence-electron chi connectivity index (χ2n) is 4.80. The first-order valence-corrected chi connectivity index (χ1v) is 7.16. The summed E-state index contributed by atoms with van der Waals surface area (Å²) in [5.41, 5.74) is 9.62. The molecule has 0 spiro atoms. The summed E-state index contributed by atoms with van der Waals surface area (Å²) < 4.78 is 5.64. The van der Waals surface area contributed by atoms with Crippen molar-refractivity contribution in [2.45, 2.75) is 45.4 Å². The molecule has 1 rings (SSSR count). The van der Waals surface area contributed by atoms with Crippen molar-refractivity contribution >= 4 is 5.91 Å². The van der Waals surface area contributed by atoms with Gasteiger partial charge < -0.3 is 10.1 Å². The lowest BCUT2D eigenvalue weighted by atomic mass is 10.1. The Morgan fingerprint density at radius 3 is 2.76 bits per heavy atom. The average Bonchev–Trinajstić information content (AvgIpc) is 2.51. The molecular formula is C15H22N4O2. The maximum absolute atomic E-state index is 12.0. The highest BCUT2D eigenvalue weighted by atomic mass is 16.5. The fourth-order valence-electron chi connectivity index (χ4n) is 1.80. The molecule has 0 heterocycles. The smallest absolute Gasteiger partial charge is 0.231 e. The van der Waals surface area contributed by atoms with E-state index >= 15 is 0 Å². The molecule has 2 atom stereocenters. The number of unbranched alkanes of at least 4 members (excludes halogenated alkanes) is 1. The summed E-state index contributed by atoms with van der Waals surface area (Å²) >= 11 is 0. The molecule has 0 aliphatic rings. The van der Waals surface area contributed by atoms with Gasteiger partial charge in [-0.15, -0.1) is 0 Å². The molecule has 6 nitrogen and oxygen atoms in total. The van der Waals surface area contributed by atoms with E-state index in [1.807, 2.05) is 37.3 Å². The minimum Gasteiger partial charge on any atom is -0.373 e. The minimum absolute atomic E-state index is 0.290. The molecule has 0 fully saturated rings. The zero-order valence-electron chi connectivity index (χ0n) is 12.5. The number of rotatable bonds is 9. The molecule has 6 heteroatoms. The Hall–Kier alpha value is -2.04. The van der Waals surface area contributed by atoms with E-state index in [0.717, 1.165) is 18.4 Å². The Morgan fingerprint density at radius 1 is 1.43 bits per heavy atom. The molecule has 21 heavy (non-hydrogen) atoms. The normalized spacial score (nSPS) is 13.0. The lowest BCUT2D eigenvalue weighted by Gasteiger charge is -2.19. The predicted molar refractivity (Wildman–Crippen MR) is 81.5 cm³/mol. The molecule has 1 aromatic carbocycles. The quantitative estimate of drug-likeness (QED) is 0.327. The van der Waals surface area contributed by atoms with Gasteiger partial charge in [0, 0.05) is 11.5 Å². The van der Waals surface area contributed by atoms with Gasteiger partial charge in [-0.1, -0.05) is 48.8 Å². The van der Waals surface area contributed by atoms with Crippen molar-refractivity contribution < 1.29 is 9.53 Å². The fraction of sp³-hybridized carbons (Fsp3) is 0.533. The van der Waals surface area contributed by atoms with E-state index in [2.05, 4.69) is 15.3 Å². The zero-order chi connectivity index (χ0) is 15.5. The van der Waals surface area contributed by atoms with Crippen LogP contribution in [0.5, 0.6) is 0 Å². The van der Waals surface area contributed by atoms with Gasteiger partial charge in [-0.25, -0.2) is 0 Å². The third-order valence-corrected chi connectivity index (χ3v) is 3.07. The highest BCUT2D eigenvalue weighted by Gasteiger charge is 2.24. The molecule has 0 aliphatic carbocycles. The van der Waals surface area contributed by atoms with Gasteiger partial charge in [0.2, 0.25) is 5.91 Å². The first-order chi connectivity index (χ1) is 10.2. The maximum Gasteiger partial charge on any atom is 0.231 e. The Balaban J connectivity index is 2.54. The Labute approximate surface area is 125 Å². The lowest BCUT2D eigenvalue weighted by molar-refractivity contribution is -0.125. The van der Waals surface area contributed by atoms with Crippen LogP contribution in [-0.2, 0) is 16.1 Å². The highest BCUT2D eigenvalue weighted by Crippen LogP contribution is 2.09. The van der Waals surface area contributed by atoms with Crippen molar-refractivity contribution in [3.05, 3.63) is 46.3 Å². The van der Waals surface area contributed by atoms with Crippen LogP contribution in [0.4, 0.5) is 0 Å². The van der Waals surface area contributed by atoms with Crippen molar-refractivity contribution in [1.29, 1.82) is 0 Å². The number of benzene rings is 1. The van der Waals surface area contributed by atoms with E-state index in [-0.39, 0.29) is 5.91 Å². The Bertz CT molecular complexity index is 472. The summed E-state index contributed by atoms with van der Waals surface area (Å²) in [5.74, 6) is -0.290. The summed E-state index contributed by atoms with van der Waals surface area (Å²) in [7, 11) is 0. The SMILES string of the molecule is CCCCNC(=O)[C@H](N=[N+]=[N-])[C@H](C)OCc1ccccc1. The van der Waals surface area contributed by atoms with Crippen LogP contribution in [0.1, 0.15) is 32.3 Å². The van der Waals surface area contributed by atoms with Gasteiger partial charge in [-0.05, 0) is 24.4 Å². The monoisotopic (exact) mass is 290 g/mol. The van der Waals surface area contributed by atoms with E-state index in [0.29, 0.717) is 13.2 Å². The molecule has 1 amide bonds. The number of carbonyl (C=O) groups excluding carboxylic acids is 1. The van der Waals surface area contributed by atoms with Crippen LogP contribution >= 0.6 is 0 Å². The zero-order valence-corrected chi connectivity index (χ0v) is 12.5. The summed E-state index contributed by atoms with van der Waals surface area (Å²) in [6.07, 6.45) is 1.41. The van der Waals surface area contributed by atoms with Gasteiger partial charge in [0.15, 0.2) is 0 Å². The van der Waals surface area contributed by atoms with Crippen LogP contribution in [-0.4, -0.2) is 24.6 Å². The number of ether oxygens (including phenoxy) is 1. The van der Waals surface area contributed by atoms with E-state index in [1.54, 1.807) is 6.92 Å². The number of amides is 1.